The molecular formula is C22H17FN4O3S. The Morgan fingerprint density at radius 1 is 0.645 bits per heavy atom. The SMILES string of the molecule is O=C(NNC(=S)NC(=O)c1ccc(F)cc1)c1ccc(NC(=O)c2ccccc2)cc1. The maximum atomic E-state index is 12.9. The molecule has 31 heavy (non-hydrogen) atoms. The molecular weight excluding hydrogens is 419 g/mol. The summed E-state index contributed by atoms with van der Waals surface area (Å²) in [5, 5.41) is 4.97. The quantitative estimate of drug-likeness (QED) is 0.372. The number of benzene rings is 3. The van der Waals surface area contributed by atoms with Crippen LogP contribution in [0.4, 0.5) is 10.1 Å². The van der Waals surface area contributed by atoms with E-state index in [9.17, 15) is 18.8 Å². The molecule has 3 aromatic rings. The number of hydrogen-bond acceptors (Lipinski definition) is 4. The second kappa shape index (κ2) is 10.1. The normalized spacial score (nSPS) is 9.97. The van der Waals surface area contributed by atoms with Gasteiger partial charge in [-0.1, -0.05) is 18.2 Å². The first-order chi connectivity index (χ1) is 14.9. The van der Waals surface area contributed by atoms with E-state index >= 15 is 0 Å². The predicted molar refractivity (Wildman–Crippen MR) is 118 cm³/mol. The Morgan fingerprint density at radius 2 is 1.19 bits per heavy atom. The molecule has 0 saturated carbocycles. The Kier molecular flexibility index (Phi) is 7.02. The van der Waals surface area contributed by atoms with E-state index in [2.05, 4.69) is 21.5 Å². The van der Waals surface area contributed by atoms with Crippen molar-refractivity contribution in [3.8, 4) is 0 Å². The number of nitrogens with one attached hydrogen (secondary N) is 4. The van der Waals surface area contributed by atoms with Gasteiger partial charge in [0.15, 0.2) is 5.11 Å². The fourth-order valence-corrected chi connectivity index (χ4v) is 2.63. The highest BCUT2D eigenvalue weighted by Gasteiger charge is 2.10. The van der Waals surface area contributed by atoms with Crippen molar-refractivity contribution in [1.29, 1.82) is 0 Å². The highest BCUT2D eigenvalue weighted by molar-refractivity contribution is 7.80. The summed E-state index contributed by atoms with van der Waals surface area (Å²) in [4.78, 5) is 36.4. The summed E-state index contributed by atoms with van der Waals surface area (Å²) >= 11 is 4.96. The molecule has 0 bridgehead atoms. The number of amides is 3. The lowest BCUT2D eigenvalue weighted by atomic mass is 10.1. The van der Waals surface area contributed by atoms with Gasteiger partial charge in [-0.05, 0) is 72.9 Å². The van der Waals surface area contributed by atoms with E-state index in [0.29, 0.717) is 16.8 Å². The summed E-state index contributed by atoms with van der Waals surface area (Å²) in [6.45, 7) is 0. The second-order valence-corrected chi connectivity index (χ2v) is 6.68. The standard InChI is InChI=1S/C22H17FN4O3S/c23-17-10-6-15(7-11-17)20(29)25-22(31)27-26-21(30)16-8-12-18(13-9-16)24-19(28)14-4-2-1-3-5-14/h1-13H,(H,24,28)(H,26,30)(H2,25,27,29,31). The van der Waals surface area contributed by atoms with Crippen molar-refractivity contribution in [3.63, 3.8) is 0 Å². The molecule has 156 valence electrons. The molecule has 0 aliphatic heterocycles. The van der Waals surface area contributed by atoms with Crippen molar-refractivity contribution in [2.24, 2.45) is 0 Å². The molecule has 3 aromatic carbocycles. The van der Waals surface area contributed by atoms with Crippen LogP contribution in [0.1, 0.15) is 31.1 Å². The monoisotopic (exact) mass is 436 g/mol. The van der Waals surface area contributed by atoms with Crippen LogP contribution in [0.15, 0.2) is 78.9 Å². The van der Waals surface area contributed by atoms with Crippen LogP contribution in [0.25, 0.3) is 0 Å². The van der Waals surface area contributed by atoms with Crippen LogP contribution in [0.5, 0.6) is 0 Å². The lowest BCUT2D eigenvalue weighted by molar-refractivity contribution is 0.0934. The van der Waals surface area contributed by atoms with Gasteiger partial charge < -0.3 is 5.32 Å². The number of thiocarbonyl (C=S) groups is 1. The minimum Gasteiger partial charge on any atom is -0.322 e. The first kappa shape index (κ1) is 21.6. The zero-order valence-corrected chi connectivity index (χ0v) is 16.8. The lowest BCUT2D eigenvalue weighted by Gasteiger charge is -2.11. The van der Waals surface area contributed by atoms with Crippen molar-refractivity contribution in [2.45, 2.75) is 0 Å². The molecule has 3 amide bonds. The van der Waals surface area contributed by atoms with E-state index in [4.69, 9.17) is 12.2 Å². The molecule has 0 aromatic heterocycles. The van der Waals surface area contributed by atoms with Crippen molar-refractivity contribution in [2.75, 3.05) is 5.32 Å². The van der Waals surface area contributed by atoms with Crippen molar-refractivity contribution in [1.82, 2.24) is 16.2 Å². The van der Waals surface area contributed by atoms with Crippen LogP contribution in [0.2, 0.25) is 0 Å². The van der Waals surface area contributed by atoms with Gasteiger partial charge in [-0.25, -0.2) is 4.39 Å². The molecule has 0 unspecified atom stereocenters. The summed E-state index contributed by atoms with van der Waals surface area (Å²) in [6, 6.07) is 19.9. The average Bonchev–Trinajstić information content (AvgIpc) is 2.79. The molecule has 0 atom stereocenters. The number of carbonyl (C=O) groups excluding carboxylic acids is 3. The van der Waals surface area contributed by atoms with E-state index < -0.39 is 17.6 Å². The molecule has 9 heteroatoms. The zero-order chi connectivity index (χ0) is 22.2. The third-order valence-corrected chi connectivity index (χ3v) is 4.27. The number of carbonyl (C=O) groups is 3. The number of hydrazine groups is 1. The second-order valence-electron chi connectivity index (χ2n) is 6.27. The zero-order valence-electron chi connectivity index (χ0n) is 16.0. The van der Waals surface area contributed by atoms with Crippen molar-refractivity contribution in [3.05, 3.63) is 101 Å². The molecule has 0 heterocycles. The fraction of sp³-hybridized carbons (Fsp3) is 0. The van der Waals surface area contributed by atoms with Crippen LogP contribution in [-0.4, -0.2) is 22.8 Å². The van der Waals surface area contributed by atoms with Gasteiger partial charge in [-0.3, -0.25) is 30.6 Å². The maximum absolute atomic E-state index is 12.9. The molecule has 0 aliphatic carbocycles. The Morgan fingerprint density at radius 3 is 1.84 bits per heavy atom. The maximum Gasteiger partial charge on any atom is 0.269 e. The van der Waals surface area contributed by atoms with Gasteiger partial charge in [0.05, 0.1) is 0 Å². The van der Waals surface area contributed by atoms with Gasteiger partial charge in [0.25, 0.3) is 17.7 Å². The number of halogens is 1. The highest BCUT2D eigenvalue weighted by Crippen LogP contribution is 2.11. The fourth-order valence-electron chi connectivity index (χ4n) is 2.49. The molecule has 7 nitrogen and oxygen atoms in total. The topological polar surface area (TPSA) is 99.3 Å². The molecule has 4 N–H and O–H groups in total. The van der Waals surface area contributed by atoms with E-state index in [-0.39, 0.29) is 16.6 Å². The molecule has 0 aliphatic rings. The first-order valence-electron chi connectivity index (χ1n) is 9.06. The highest BCUT2D eigenvalue weighted by atomic mass is 32.1. The average molecular weight is 436 g/mol. The summed E-state index contributed by atoms with van der Waals surface area (Å²) in [5.41, 5.74) is 6.34. The van der Waals surface area contributed by atoms with Crippen LogP contribution < -0.4 is 21.5 Å². The third kappa shape index (κ3) is 6.18. The van der Waals surface area contributed by atoms with E-state index in [1.807, 2.05) is 6.07 Å². The van der Waals surface area contributed by atoms with Gasteiger partial charge in [-0.15, -0.1) is 0 Å². The first-order valence-corrected chi connectivity index (χ1v) is 9.47. The van der Waals surface area contributed by atoms with Crippen molar-refractivity contribution < 1.29 is 18.8 Å². The van der Waals surface area contributed by atoms with E-state index in [0.717, 1.165) is 12.1 Å². The summed E-state index contributed by atoms with van der Waals surface area (Å²) < 4.78 is 12.9. The molecule has 0 saturated heterocycles. The Hall–Kier alpha value is -4.11. The molecule has 0 fully saturated rings. The van der Waals surface area contributed by atoms with Crippen LogP contribution in [0, 0.1) is 5.82 Å². The predicted octanol–water partition coefficient (Wildman–Crippen LogP) is 3.03. The summed E-state index contributed by atoms with van der Waals surface area (Å²) in [5.74, 6) is -1.78. The minimum absolute atomic E-state index is 0.130. The van der Waals surface area contributed by atoms with Crippen LogP contribution >= 0.6 is 12.2 Å². The molecule has 0 spiro atoms. The van der Waals surface area contributed by atoms with Gasteiger partial charge >= 0.3 is 0 Å². The van der Waals surface area contributed by atoms with Crippen LogP contribution in [0.3, 0.4) is 0 Å². The van der Waals surface area contributed by atoms with Gasteiger partial charge in [0, 0.05) is 22.4 Å². The Labute approximate surface area is 182 Å². The minimum atomic E-state index is -0.551. The van der Waals surface area contributed by atoms with Crippen LogP contribution in [-0.2, 0) is 0 Å². The van der Waals surface area contributed by atoms with E-state index in [1.54, 1.807) is 36.4 Å². The largest absolute Gasteiger partial charge is 0.322 e. The number of anilines is 1. The lowest BCUT2D eigenvalue weighted by Crippen LogP contribution is -2.48. The van der Waals surface area contributed by atoms with Gasteiger partial charge in [0.2, 0.25) is 0 Å². The Balaban J connectivity index is 1.49. The smallest absolute Gasteiger partial charge is 0.269 e. The van der Waals surface area contributed by atoms with Gasteiger partial charge in [-0.2, -0.15) is 0 Å². The summed E-state index contributed by atoms with van der Waals surface area (Å²) in [6.07, 6.45) is 0. The molecule has 3 rings (SSSR count). The number of rotatable bonds is 4. The summed E-state index contributed by atoms with van der Waals surface area (Å²) in [7, 11) is 0. The Bertz CT molecular complexity index is 1100. The molecule has 0 radical (unpaired) electrons. The van der Waals surface area contributed by atoms with Crippen molar-refractivity contribution >= 4 is 40.7 Å². The third-order valence-electron chi connectivity index (χ3n) is 4.06. The number of hydrogen-bond donors (Lipinski definition) is 4. The van der Waals surface area contributed by atoms with E-state index in [1.165, 1.54) is 24.3 Å². The van der Waals surface area contributed by atoms with Gasteiger partial charge in [0.1, 0.15) is 5.82 Å².